The zero-order chi connectivity index (χ0) is 18.5. The van der Waals surface area contributed by atoms with Crippen LogP contribution in [0.4, 0.5) is 0 Å². The molecule has 1 saturated heterocycles. The molecule has 0 aromatic heterocycles. The van der Waals surface area contributed by atoms with Crippen molar-refractivity contribution in [3.63, 3.8) is 0 Å². The lowest BCUT2D eigenvalue weighted by atomic mass is 9.92. The number of likely N-dealkylation sites (tertiary alicyclic amines) is 1. The van der Waals surface area contributed by atoms with Crippen LogP contribution in [0.3, 0.4) is 0 Å². The zero-order valence-electron chi connectivity index (χ0n) is 15.7. The Kier molecular flexibility index (Phi) is 6.81. The highest BCUT2D eigenvalue weighted by Gasteiger charge is 2.30. The van der Waals surface area contributed by atoms with E-state index in [4.69, 9.17) is 9.47 Å². The summed E-state index contributed by atoms with van der Waals surface area (Å²) in [7, 11) is 0. The summed E-state index contributed by atoms with van der Waals surface area (Å²) in [5.74, 6) is 1.90. The van der Waals surface area contributed by atoms with Gasteiger partial charge in [0.15, 0.2) is 11.5 Å². The maximum atomic E-state index is 12.5. The van der Waals surface area contributed by atoms with Gasteiger partial charge < -0.3 is 14.8 Å². The van der Waals surface area contributed by atoms with E-state index >= 15 is 0 Å². The Labute approximate surface area is 164 Å². The van der Waals surface area contributed by atoms with Crippen molar-refractivity contribution in [1.29, 1.82) is 0 Å². The summed E-state index contributed by atoms with van der Waals surface area (Å²) in [5, 5.41) is 3.09. The van der Waals surface area contributed by atoms with Crippen molar-refractivity contribution in [2.75, 3.05) is 26.3 Å². The molecule has 2 aliphatic heterocycles. The van der Waals surface area contributed by atoms with E-state index in [9.17, 15) is 4.79 Å². The van der Waals surface area contributed by atoms with Crippen LogP contribution in [0, 0.1) is 5.92 Å². The van der Waals surface area contributed by atoms with Gasteiger partial charge in [0.25, 0.3) is 0 Å². The molecule has 1 fully saturated rings. The number of piperidine rings is 1. The molecule has 1 aromatic rings. The smallest absolute Gasteiger partial charge is 0.224 e. The Morgan fingerprint density at radius 3 is 2.73 bits per heavy atom. The topological polar surface area (TPSA) is 50.8 Å². The van der Waals surface area contributed by atoms with Gasteiger partial charge in [0.05, 0.1) is 5.92 Å². The molecule has 26 heavy (non-hydrogen) atoms. The van der Waals surface area contributed by atoms with Crippen molar-refractivity contribution in [2.24, 2.45) is 5.92 Å². The maximum Gasteiger partial charge on any atom is 0.224 e. The van der Waals surface area contributed by atoms with Gasteiger partial charge in [-0.1, -0.05) is 29.3 Å². The molecular weight excluding hydrogens is 396 g/mol. The van der Waals surface area contributed by atoms with E-state index in [-0.39, 0.29) is 11.8 Å². The van der Waals surface area contributed by atoms with E-state index in [2.05, 4.69) is 46.1 Å². The summed E-state index contributed by atoms with van der Waals surface area (Å²) in [4.78, 5) is 14.9. The number of carbonyl (C=O) groups excluding carboxylic acids is 1. The van der Waals surface area contributed by atoms with E-state index in [0.717, 1.165) is 61.3 Å². The van der Waals surface area contributed by atoms with Crippen molar-refractivity contribution in [1.82, 2.24) is 10.2 Å². The molecule has 0 saturated carbocycles. The SMILES string of the molecule is CCCCNC(=O)C1CCC(C)N(Cc2cc3c(cc2Br)OCCO3)C1. The Morgan fingerprint density at radius 1 is 1.27 bits per heavy atom. The van der Waals surface area contributed by atoms with Gasteiger partial charge in [-0.25, -0.2) is 0 Å². The van der Waals surface area contributed by atoms with Gasteiger partial charge in [-0.05, 0) is 43.9 Å². The maximum absolute atomic E-state index is 12.5. The molecule has 3 rings (SSSR count). The third kappa shape index (κ3) is 4.71. The minimum atomic E-state index is 0.0824. The minimum absolute atomic E-state index is 0.0824. The number of carbonyl (C=O) groups is 1. The van der Waals surface area contributed by atoms with Crippen molar-refractivity contribution < 1.29 is 14.3 Å². The average Bonchev–Trinajstić information content (AvgIpc) is 2.64. The van der Waals surface area contributed by atoms with Gasteiger partial charge >= 0.3 is 0 Å². The molecule has 0 spiro atoms. The van der Waals surface area contributed by atoms with Crippen LogP contribution >= 0.6 is 15.9 Å². The van der Waals surface area contributed by atoms with E-state index < -0.39 is 0 Å². The van der Waals surface area contributed by atoms with Crippen LogP contribution < -0.4 is 14.8 Å². The number of unbranched alkanes of at least 4 members (excludes halogenated alkanes) is 1. The minimum Gasteiger partial charge on any atom is -0.486 e. The number of nitrogens with one attached hydrogen (secondary N) is 1. The first-order chi connectivity index (χ1) is 12.6. The highest BCUT2D eigenvalue weighted by Crippen LogP contribution is 2.36. The Morgan fingerprint density at radius 2 is 2.00 bits per heavy atom. The molecule has 1 N–H and O–H groups in total. The quantitative estimate of drug-likeness (QED) is 0.706. The lowest BCUT2D eigenvalue weighted by Gasteiger charge is -2.37. The largest absolute Gasteiger partial charge is 0.486 e. The molecule has 1 amide bonds. The number of nitrogens with zero attached hydrogens (tertiary/aromatic N) is 1. The van der Waals surface area contributed by atoms with Gasteiger partial charge in [-0.15, -0.1) is 0 Å². The fraction of sp³-hybridized carbons (Fsp3) is 0.650. The molecule has 0 radical (unpaired) electrons. The van der Waals surface area contributed by atoms with E-state index in [0.29, 0.717) is 19.3 Å². The highest BCUT2D eigenvalue weighted by molar-refractivity contribution is 9.10. The summed E-state index contributed by atoms with van der Waals surface area (Å²) in [6.45, 7) is 7.97. The average molecular weight is 425 g/mol. The lowest BCUT2D eigenvalue weighted by molar-refractivity contribution is -0.127. The highest BCUT2D eigenvalue weighted by atomic mass is 79.9. The molecule has 2 atom stereocenters. The van der Waals surface area contributed by atoms with E-state index in [1.165, 1.54) is 5.56 Å². The molecule has 2 heterocycles. The predicted octanol–water partition coefficient (Wildman–Crippen LogP) is 3.74. The Balaban J connectivity index is 1.65. The fourth-order valence-corrected chi connectivity index (χ4v) is 4.04. The molecule has 2 unspecified atom stereocenters. The van der Waals surface area contributed by atoms with Gasteiger partial charge in [-0.2, -0.15) is 0 Å². The molecule has 144 valence electrons. The number of halogens is 1. The molecule has 0 aliphatic carbocycles. The number of amides is 1. The van der Waals surface area contributed by atoms with Crippen molar-refractivity contribution in [3.8, 4) is 11.5 Å². The normalized spacial score (nSPS) is 22.9. The molecular formula is C20H29BrN2O3. The molecule has 5 nitrogen and oxygen atoms in total. The van der Waals surface area contributed by atoms with Gasteiger partial charge in [0, 0.05) is 30.1 Å². The second kappa shape index (κ2) is 9.09. The number of fused-ring (bicyclic) bond motifs is 1. The molecule has 2 aliphatic rings. The van der Waals surface area contributed by atoms with Gasteiger partial charge in [0.1, 0.15) is 13.2 Å². The number of ether oxygens (including phenoxy) is 2. The first-order valence-corrected chi connectivity index (χ1v) is 10.5. The Hall–Kier alpha value is -1.27. The van der Waals surface area contributed by atoms with Gasteiger partial charge in [-0.3, -0.25) is 9.69 Å². The summed E-state index contributed by atoms with van der Waals surface area (Å²) < 4.78 is 12.4. The second-order valence-corrected chi connectivity index (χ2v) is 8.14. The van der Waals surface area contributed by atoms with E-state index in [1.807, 2.05) is 6.07 Å². The number of hydrogen-bond acceptors (Lipinski definition) is 4. The lowest BCUT2D eigenvalue weighted by Crippen LogP contribution is -2.46. The van der Waals surface area contributed by atoms with Crippen LogP contribution in [0.25, 0.3) is 0 Å². The Bertz CT molecular complexity index is 638. The number of benzene rings is 1. The first kappa shape index (κ1) is 19.5. The summed E-state index contributed by atoms with van der Waals surface area (Å²) in [5.41, 5.74) is 1.17. The molecule has 0 bridgehead atoms. The standard InChI is InChI=1S/C20H29BrN2O3/c1-3-4-7-22-20(24)15-6-5-14(2)23(12-15)13-16-10-18-19(11-17(16)21)26-9-8-25-18/h10-11,14-15H,3-9,12-13H2,1-2H3,(H,22,24). The number of hydrogen-bond donors (Lipinski definition) is 1. The second-order valence-electron chi connectivity index (χ2n) is 7.28. The van der Waals surface area contributed by atoms with Crippen LogP contribution in [-0.2, 0) is 11.3 Å². The molecule has 1 aromatic carbocycles. The first-order valence-electron chi connectivity index (χ1n) is 9.68. The molecule has 6 heteroatoms. The van der Waals surface area contributed by atoms with Crippen LogP contribution in [0.2, 0.25) is 0 Å². The summed E-state index contributed by atoms with van der Waals surface area (Å²) in [6, 6.07) is 4.53. The summed E-state index contributed by atoms with van der Waals surface area (Å²) in [6.07, 6.45) is 4.17. The van der Waals surface area contributed by atoms with Crippen molar-refractivity contribution in [2.45, 2.75) is 52.1 Å². The third-order valence-electron chi connectivity index (χ3n) is 5.30. The van der Waals surface area contributed by atoms with Crippen LogP contribution in [-0.4, -0.2) is 43.2 Å². The predicted molar refractivity (Wildman–Crippen MR) is 106 cm³/mol. The van der Waals surface area contributed by atoms with Crippen LogP contribution in [0.1, 0.15) is 45.1 Å². The fourth-order valence-electron chi connectivity index (χ4n) is 3.59. The summed E-state index contributed by atoms with van der Waals surface area (Å²) >= 11 is 3.67. The zero-order valence-corrected chi connectivity index (χ0v) is 17.3. The number of rotatable bonds is 6. The van der Waals surface area contributed by atoms with Crippen molar-refractivity contribution in [3.05, 3.63) is 22.2 Å². The van der Waals surface area contributed by atoms with Gasteiger partial charge in [0.2, 0.25) is 5.91 Å². The van der Waals surface area contributed by atoms with Crippen molar-refractivity contribution >= 4 is 21.8 Å². The van der Waals surface area contributed by atoms with Crippen LogP contribution in [0.15, 0.2) is 16.6 Å². The van der Waals surface area contributed by atoms with E-state index in [1.54, 1.807) is 0 Å². The monoisotopic (exact) mass is 424 g/mol. The third-order valence-corrected chi connectivity index (χ3v) is 6.03. The van der Waals surface area contributed by atoms with Crippen LogP contribution in [0.5, 0.6) is 11.5 Å².